The zero-order valence-corrected chi connectivity index (χ0v) is 14.9. The summed E-state index contributed by atoms with van der Waals surface area (Å²) in [4.78, 5) is 23.7. The number of aliphatic hydroxyl groups excluding tert-OH is 1. The minimum absolute atomic E-state index is 0.0665. The van der Waals surface area contributed by atoms with Crippen molar-refractivity contribution in [3.05, 3.63) is 71.8 Å². The lowest BCUT2D eigenvalue weighted by atomic mass is 9.86. The van der Waals surface area contributed by atoms with Crippen LogP contribution in [0.2, 0.25) is 0 Å². The van der Waals surface area contributed by atoms with E-state index in [-0.39, 0.29) is 17.2 Å². The Morgan fingerprint density at radius 1 is 1.12 bits per heavy atom. The Balaban J connectivity index is 1.74. The molecule has 0 saturated carbocycles. The van der Waals surface area contributed by atoms with Crippen LogP contribution in [0.1, 0.15) is 47.9 Å². The minimum Gasteiger partial charge on any atom is -0.388 e. The summed E-state index contributed by atoms with van der Waals surface area (Å²) in [6, 6.07) is 12.3. The highest BCUT2D eigenvalue weighted by Gasteiger charge is 2.35. The topological polar surface area (TPSA) is 78.4 Å². The first-order chi connectivity index (χ1) is 12.3. The van der Waals surface area contributed by atoms with Gasteiger partial charge in [-0.2, -0.15) is 0 Å². The van der Waals surface area contributed by atoms with E-state index in [4.69, 9.17) is 0 Å². The normalized spacial score (nSPS) is 17.3. The Morgan fingerprint density at radius 3 is 2.42 bits per heavy atom. The number of hydrogen-bond acceptors (Lipinski definition) is 3. The molecule has 2 aromatic rings. The number of rotatable bonds is 4. The fraction of sp³-hybridized carbons (Fsp3) is 0.238. The highest BCUT2D eigenvalue weighted by molar-refractivity contribution is 6.05. The quantitative estimate of drug-likeness (QED) is 0.734. The summed E-state index contributed by atoms with van der Waals surface area (Å²) in [6.07, 6.45) is 1.35. The summed E-state index contributed by atoms with van der Waals surface area (Å²) >= 11 is 0. The molecule has 5 heteroatoms. The lowest BCUT2D eigenvalue weighted by Gasteiger charge is -2.18. The summed E-state index contributed by atoms with van der Waals surface area (Å²) in [5, 5.41) is 15.7. The molecule has 5 nitrogen and oxygen atoms in total. The molecule has 1 unspecified atom stereocenters. The average molecular weight is 350 g/mol. The zero-order chi connectivity index (χ0) is 18.9. The fourth-order valence-electron chi connectivity index (χ4n) is 3.34. The molecule has 1 aliphatic rings. The molecule has 3 rings (SSSR count). The third-order valence-corrected chi connectivity index (χ3v) is 4.70. The van der Waals surface area contributed by atoms with E-state index in [0.29, 0.717) is 23.4 Å². The first kappa shape index (κ1) is 17.9. The molecule has 26 heavy (non-hydrogen) atoms. The van der Waals surface area contributed by atoms with Crippen LogP contribution in [-0.2, 0) is 10.2 Å². The molecule has 0 spiro atoms. The van der Waals surface area contributed by atoms with Crippen molar-refractivity contribution in [2.75, 3.05) is 10.6 Å². The molecule has 2 aromatic carbocycles. The number of benzene rings is 2. The predicted octanol–water partition coefficient (Wildman–Crippen LogP) is 3.78. The smallest absolute Gasteiger partial charge is 0.255 e. The van der Waals surface area contributed by atoms with Gasteiger partial charge in [-0.1, -0.05) is 26.5 Å². The molecule has 1 atom stereocenters. The van der Waals surface area contributed by atoms with Gasteiger partial charge >= 0.3 is 0 Å². The third-order valence-electron chi connectivity index (χ3n) is 4.70. The Hall–Kier alpha value is -2.92. The van der Waals surface area contributed by atoms with Crippen LogP contribution >= 0.6 is 0 Å². The van der Waals surface area contributed by atoms with Crippen molar-refractivity contribution >= 4 is 23.2 Å². The van der Waals surface area contributed by atoms with Gasteiger partial charge in [0, 0.05) is 16.9 Å². The minimum atomic E-state index is -0.510. The maximum absolute atomic E-state index is 12.4. The van der Waals surface area contributed by atoms with E-state index >= 15 is 0 Å². The number of carbonyl (C=O) groups is 2. The number of aliphatic hydroxyl groups is 1. The first-order valence-electron chi connectivity index (χ1n) is 8.47. The van der Waals surface area contributed by atoms with E-state index in [0.717, 1.165) is 11.1 Å². The van der Waals surface area contributed by atoms with Gasteiger partial charge in [0.2, 0.25) is 5.91 Å². The maximum atomic E-state index is 12.4. The van der Waals surface area contributed by atoms with E-state index in [1.54, 1.807) is 24.3 Å². The molecule has 134 valence electrons. The molecule has 2 amide bonds. The molecule has 3 N–H and O–H groups in total. The molecule has 0 saturated heterocycles. The number of amides is 2. The number of carbonyl (C=O) groups excluding carboxylic acids is 2. The van der Waals surface area contributed by atoms with Gasteiger partial charge < -0.3 is 15.7 Å². The van der Waals surface area contributed by atoms with Crippen molar-refractivity contribution in [2.24, 2.45) is 0 Å². The Morgan fingerprint density at radius 2 is 1.77 bits per heavy atom. The summed E-state index contributed by atoms with van der Waals surface area (Å²) < 4.78 is 0. The number of hydrogen-bond donors (Lipinski definition) is 3. The van der Waals surface area contributed by atoms with Gasteiger partial charge in [-0.05, 0) is 65.4 Å². The van der Waals surface area contributed by atoms with Crippen LogP contribution in [0.3, 0.4) is 0 Å². The molecular weight excluding hydrogens is 328 g/mol. The number of fused-ring (bicyclic) bond motifs is 1. The lowest BCUT2D eigenvalue weighted by Crippen LogP contribution is -2.14. The first-order valence-corrected chi connectivity index (χ1v) is 8.47. The van der Waals surface area contributed by atoms with E-state index in [9.17, 15) is 14.7 Å². The summed E-state index contributed by atoms with van der Waals surface area (Å²) in [5.74, 6) is -0.555. The molecule has 0 heterocycles. The van der Waals surface area contributed by atoms with Crippen molar-refractivity contribution in [1.82, 2.24) is 0 Å². The molecule has 0 fully saturated rings. The lowest BCUT2D eigenvalue weighted by molar-refractivity contribution is -0.111. The van der Waals surface area contributed by atoms with Crippen LogP contribution in [0, 0.1) is 0 Å². The maximum Gasteiger partial charge on any atom is 0.255 e. The van der Waals surface area contributed by atoms with Crippen molar-refractivity contribution in [1.29, 1.82) is 0 Å². The molecular formula is C21H22N2O3. The average Bonchev–Trinajstić information content (AvgIpc) is 2.84. The second-order valence-electron chi connectivity index (χ2n) is 7.13. The van der Waals surface area contributed by atoms with Crippen molar-refractivity contribution in [2.45, 2.75) is 31.8 Å². The van der Waals surface area contributed by atoms with Gasteiger partial charge in [0.1, 0.15) is 0 Å². The Kier molecular flexibility index (Phi) is 4.66. The predicted molar refractivity (Wildman–Crippen MR) is 102 cm³/mol. The Bertz CT molecular complexity index is 869. The van der Waals surface area contributed by atoms with E-state index in [1.165, 1.54) is 6.08 Å². The summed E-state index contributed by atoms with van der Waals surface area (Å²) in [5.41, 5.74) is 3.63. The molecule has 0 radical (unpaired) electrons. The second-order valence-corrected chi connectivity index (χ2v) is 7.13. The monoisotopic (exact) mass is 350 g/mol. The van der Waals surface area contributed by atoms with Crippen molar-refractivity contribution < 1.29 is 14.7 Å². The van der Waals surface area contributed by atoms with Crippen LogP contribution in [0.15, 0.2) is 55.1 Å². The molecule has 0 aliphatic heterocycles. The van der Waals surface area contributed by atoms with Gasteiger partial charge in [-0.15, -0.1) is 0 Å². The van der Waals surface area contributed by atoms with Crippen LogP contribution in [0.5, 0.6) is 0 Å². The van der Waals surface area contributed by atoms with E-state index in [1.807, 2.05) is 18.2 Å². The zero-order valence-electron chi connectivity index (χ0n) is 14.9. The van der Waals surface area contributed by atoms with Crippen molar-refractivity contribution in [3.8, 4) is 0 Å². The fourth-order valence-corrected chi connectivity index (χ4v) is 3.34. The van der Waals surface area contributed by atoms with Gasteiger partial charge in [0.25, 0.3) is 5.91 Å². The second kappa shape index (κ2) is 6.77. The van der Waals surface area contributed by atoms with Gasteiger partial charge in [-0.25, -0.2) is 0 Å². The van der Waals surface area contributed by atoms with Crippen LogP contribution < -0.4 is 10.6 Å². The van der Waals surface area contributed by atoms with Crippen LogP contribution in [-0.4, -0.2) is 16.9 Å². The van der Waals surface area contributed by atoms with Gasteiger partial charge in [0.05, 0.1) is 6.10 Å². The van der Waals surface area contributed by atoms with Crippen molar-refractivity contribution in [3.63, 3.8) is 0 Å². The largest absolute Gasteiger partial charge is 0.388 e. The van der Waals surface area contributed by atoms with Crippen LogP contribution in [0.4, 0.5) is 11.4 Å². The number of anilines is 2. The standard InChI is InChI=1S/C21H22N2O3/c1-4-19(25)22-14-7-5-13(6-8-14)20(26)23-15-9-10-17-16(11-15)18(24)12-21(17,2)3/h4-11,18,24H,1,12H2,2-3H3,(H,22,25)(H,23,26). The Labute approximate surface area is 152 Å². The summed E-state index contributed by atoms with van der Waals surface area (Å²) in [6.45, 7) is 7.60. The van der Waals surface area contributed by atoms with Gasteiger partial charge in [0.15, 0.2) is 0 Å². The highest BCUT2D eigenvalue weighted by atomic mass is 16.3. The van der Waals surface area contributed by atoms with E-state index in [2.05, 4.69) is 31.1 Å². The molecule has 1 aliphatic carbocycles. The molecule has 0 aromatic heterocycles. The highest BCUT2D eigenvalue weighted by Crippen LogP contribution is 2.45. The summed E-state index contributed by atoms with van der Waals surface area (Å²) in [7, 11) is 0. The van der Waals surface area contributed by atoms with E-state index < -0.39 is 6.10 Å². The van der Waals surface area contributed by atoms with Gasteiger partial charge in [-0.3, -0.25) is 9.59 Å². The molecule has 0 bridgehead atoms. The SMILES string of the molecule is C=CC(=O)Nc1ccc(C(=O)Nc2ccc3c(c2)C(O)CC3(C)C)cc1. The number of nitrogens with one attached hydrogen (secondary N) is 2. The van der Waals surface area contributed by atoms with Crippen LogP contribution in [0.25, 0.3) is 0 Å². The third kappa shape index (κ3) is 3.53.